The van der Waals surface area contributed by atoms with E-state index in [-0.39, 0.29) is 11.5 Å². The Morgan fingerprint density at radius 2 is 1.48 bits per heavy atom. The van der Waals surface area contributed by atoms with Crippen molar-refractivity contribution in [1.82, 2.24) is 0 Å². The third kappa shape index (κ3) is 5.55. The van der Waals surface area contributed by atoms with E-state index in [0.717, 1.165) is 11.1 Å². The van der Waals surface area contributed by atoms with Crippen molar-refractivity contribution in [1.29, 1.82) is 0 Å². The molecule has 0 radical (unpaired) electrons. The summed E-state index contributed by atoms with van der Waals surface area (Å²) in [6, 6.07) is 15.8. The molecule has 2 rings (SSSR count). The topological polar surface area (TPSA) is 60.2 Å². The molecule has 4 nitrogen and oxygen atoms in total. The standard InChI is InChI=1S/C19H15NO3/c21-19(9-5-4-8-16-6-2-1-3-7-16)15-12-17-10-13-18(14-11-17)20(22)23/h1-15H. The Morgan fingerprint density at radius 1 is 0.826 bits per heavy atom. The fourth-order valence-electron chi connectivity index (χ4n) is 1.82. The number of ketones is 1. The van der Waals surface area contributed by atoms with Crippen LogP contribution in [0, 0.1) is 10.1 Å². The number of nitro groups is 1. The minimum atomic E-state index is -0.458. The van der Waals surface area contributed by atoms with Crippen molar-refractivity contribution >= 4 is 23.6 Å². The van der Waals surface area contributed by atoms with Crippen molar-refractivity contribution in [3.05, 3.63) is 100 Å². The lowest BCUT2D eigenvalue weighted by molar-refractivity contribution is -0.384. The lowest BCUT2D eigenvalue weighted by Gasteiger charge is -1.92. The first-order valence-electron chi connectivity index (χ1n) is 7.01. The van der Waals surface area contributed by atoms with Gasteiger partial charge in [0.2, 0.25) is 0 Å². The van der Waals surface area contributed by atoms with Gasteiger partial charge in [-0.15, -0.1) is 0 Å². The van der Waals surface area contributed by atoms with E-state index < -0.39 is 4.92 Å². The van der Waals surface area contributed by atoms with Gasteiger partial charge in [0.05, 0.1) is 4.92 Å². The van der Waals surface area contributed by atoms with Crippen molar-refractivity contribution < 1.29 is 9.72 Å². The Morgan fingerprint density at radius 3 is 2.13 bits per heavy atom. The summed E-state index contributed by atoms with van der Waals surface area (Å²) in [6.45, 7) is 0. The predicted octanol–water partition coefficient (Wildman–Crippen LogP) is 4.45. The van der Waals surface area contributed by atoms with Gasteiger partial charge in [-0.3, -0.25) is 14.9 Å². The van der Waals surface area contributed by atoms with E-state index in [1.807, 2.05) is 36.4 Å². The molecular weight excluding hydrogens is 290 g/mol. The highest BCUT2D eigenvalue weighted by Crippen LogP contribution is 2.12. The van der Waals surface area contributed by atoms with E-state index in [4.69, 9.17) is 0 Å². The number of hydrogen-bond acceptors (Lipinski definition) is 3. The lowest BCUT2D eigenvalue weighted by Crippen LogP contribution is -1.87. The van der Waals surface area contributed by atoms with Crippen LogP contribution in [0.2, 0.25) is 0 Å². The third-order valence-electron chi connectivity index (χ3n) is 3.00. The van der Waals surface area contributed by atoms with Gasteiger partial charge in [-0.2, -0.15) is 0 Å². The molecule has 0 aromatic heterocycles. The van der Waals surface area contributed by atoms with E-state index >= 15 is 0 Å². The molecule has 23 heavy (non-hydrogen) atoms. The van der Waals surface area contributed by atoms with Gasteiger partial charge in [-0.25, -0.2) is 0 Å². The lowest BCUT2D eigenvalue weighted by atomic mass is 10.1. The number of nitrogens with zero attached hydrogens (tertiary/aromatic N) is 1. The second-order valence-corrected chi connectivity index (χ2v) is 4.71. The summed E-state index contributed by atoms with van der Waals surface area (Å²) in [6.07, 6.45) is 9.89. The Balaban J connectivity index is 1.89. The van der Waals surface area contributed by atoms with E-state index in [2.05, 4.69) is 0 Å². The second kappa shape index (κ2) is 8.24. The minimum Gasteiger partial charge on any atom is -0.290 e. The molecule has 0 bridgehead atoms. The van der Waals surface area contributed by atoms with Crippen molar-refractivity contribution in [2.24, 2.45) is 0 Å². The fraction of sp³-hybridized carbons (Fsp3) is 0. The maximum Gasteiger partial charge on any atom is 0.269 e. The van der Waals surface area contributed by atoms with Crippen LogP contribution in [-0.4, -0.2) is 10.7 Å². The number of allylic oxidation sites excluding steroid dienone is 4. The van der Waals surface area contributed by atoms with E-state index in [0.29, 0.717) is 0 Å². The van der Waals surface area contributed by atoms with Crippen LogP contribution in [0.5, 0.6) is 0 Å². The molecular formula is C19H15NO3. The van der Waals surface area contributed by atoms with Gasteiger partial charge in [-0.1, -0.05) is 54.6 Å². The van der Waals surface area contributed by atoms with E-state index in [9.17, 15) is 14.9 Å². The number of nitro benzene ring substituents is 1. The van der Waals surface area contributed by atoms with Crippen molar-refractivity contribution in [3.63, 3.8) is 0 Å². The monoisotopic (exact) mass is 305 g/mol. The summed E-state index contributed by atoms with van der Waals surface area (Å²) < 4.78 is 0. The van der Waals surface area contributed by atoms with Crippen molar-refractivity contribution in [3.8, 4) is 0 Å². The molecule has 0 saturated carbocycles. The van der Waals surface area contributed by atoms with Crippen LogP contribution in [0.25, 0.3) is 12.2 Å². The van der Waals surface area contributed by atoms with Gasteiger partial charge in [-0.05, 0) is 35.4 Å². The molecule has 0 aliphatic rings. The molecule has 2 aromatic carbocycles. The summed E-state index contributed by atoms with van der Waals surface area (Å²) in [5, 5.41) is 10.5. The second-order valence-electron chi connectivity index (χ2n) is 4.71. The maximum absolute atomic E-state index is 11.7. The van der Waals surface area contributed by atoms with Gasteiger partial charge in [0.15, 0.2) is 5.78 Å². The summed E-state index contributed by atoms with van der Waals surface area (Å²) in [7, 11) is 0. The van der Waals surface area contributed by atoms with Crippen LogP contribution in [0.15, 0.2) is 78.9 Å². The molecule has 0 spiro atoms. The molecule has 0 atom stereocenters. The largest absolute Gasteiger partial charge is 0.290 e. The Hall–Kier alpha value is -3.27. The van der Waals surface area contributed by atoms with E-state index in [1.165, 1.54) is 24.3 Å². The minimum absolute atomic E-state index is 0.0272. The SMILES string of the molecule is O=C(C=CC=Cc1ccccc1)C=Cc1ccc([N+](=O)[O-])cc1. The zero-order valence-corrected chi connectivity index (χ0v) is 12.3. The number of carbonyl (C=O) groups excluding carboxylic acids is 1. The predicted molar refractivity (Wildman–Crippen MR) is 91.8 cm³/mol. The first kappa shape index (κ1) is 16.1. The molecule has 0 fully saturated rings. The van der Waals surface area contributed by atoms with E-state index in [1.54, 1.807) is 30.4 Å². The maximum atomic E-state index is 11.7. The number of hydrogen-bond donors (Lipinski definition) is 0. The average Bonchev–Trinajstić information content (AvgIpc) is 2.58. The van der Waals surface area contributed by atoms with Crippen molar-refractivity contribution in [2.75, 3.05) is 0 Å². The Bertz CT molecular complexity index is 757. The molecule has 0 saturated heterocycles. The number of non-ortho nitro benzene ring substituents is 1. The summed E-state index contributed by atoms with van der Waals surface area (Å²) in [4.78, 5) is 21.8. The highest BCUT2D eigenvalue weighted by Gasteiger charge is 2.02. The molecule has 2 aromatic rings. The number of benzene rings is 2. The first-order chi connectivity index (χ1) is 11.1. The van der Waals surface area contributed by atoms with Crippen molar-refractivity contribution in [2.45, 2.75) is 0 Å². The molecule has 0 heterocycles. The van der Waals surface area contributed by atoms with Gasteiger partial charge in [0.25, 0.3) is 5.69 Å². The van der Waals surface area contributed by atoms with Gasteiger partial charge in [0.1, 0.15) is 0 Å². The highest BCUT2D eigenvalue weighted by atomic mass is 16.6. The zero-order valence-electron chi connectivity index (χ0n) is 12.3. The Labute approximate surface area is 134 Å². The molecule has 0 unspecified atom stereocenters. The summed E-state index contributed by atoms with van der Waals surface area (Å²) in [5.74, 6) is -0.152. The number of carbonyl (C=O) groups is 1. The molecule has 4 heteroatoms. The van der Waals surface area contributed by atoms with Crippen LogP contribution < -0.4 is 0 Å². The normalized spacial score (nSPS) is 11.5. The summed E-state index contributed by atoms with van der Waals surface area (Å²) >= 11 is 0. The van der Waals surface area contributed by atoms with Crippen LogP contribution in [0.3, 0.4) is 0 Å². The molecule has 114 valence electrons. The zero-order chi connectivity index (χ0) is 16.5. The van der Waals surface area contributed by atoms with Gasteiger partial charge < -0.3 is 0 Å². The third-order valence-corrected chi connectivity index (χ3v) is 3.00. The summed E-state index contributed by atoms with van der Waals surface area (Å²) in [5.41, 5.74) is 1.82. The quantitative estimate of drug-likeness (QED) is 0.343. The average molecular weight is 305 g/mol. The smallest absolute Gasteiger partial charge is 0.269 e. The molecule has 0 aliphatic heterocycles. The number of rotatable bonds is 6. The molecule has 0 aliphatic carbocycles. The Kier molecular flexibility index (Phi) is 5.77. The van der Waals surface area contributed by atoms with Crippen LogP contribution >= 0.6 is 0 Å². The van der Waals surface area contributed by atoms with Gasteiger partial charge >= 0.3 is 0 Å². The molecule has 0 amide bonds. The fourth-order valence-corrected chi connectivity index (χ4v) is 1.82. The van der Waals surface area contributed by atoms with Crippen LogP contribution in [0.4, 0.5) is 5.69 Å². The highest BCUT2D eigenvalue weighted by molar-refractivity contribution is 6.02. The first-order valence-corrected chi connectivity index (χ1v) is 7.01. The van der Waals surface area contributed by atoms with Crippen LogP contribution in [0.1, 0.15) is 11.1 Å². The molecule has 0 N–H and O–H groups in total. The van der Waals surface area contributed by atoms with Crippen LogP contribution in [-0.2, 0) is 4.79 Å². The van der Waals surface area contributed by atoms with Gasteiger partial charge in [0, 0.05) is 12.1 Å².